The smallest absolute Gasteiger partial charge is 0.136 e. The van der Waals surface area contributed by atoms with Crippen molar-refractivity contribution >= 4 is 5.78 Å². The minimum atomic E-state index is 0.468. The molecular formula is C19H29NO. The summed E-state index contributed by atoms with van der Waals surface area (Å²) in [6.45, 7) is 5.14. The largest absolute Gasteiger partial charge is 0.300 e. The Balaban J connectivity index is 1.55. The average Bonchev–Trinajstić information content (AvgIpc) is 2.58. The van der Waals surface area contributed by atoms with E-state index >= 15 is 0 Å². The Bertz CT molecular complexity index is 478. The molecule has 116 valence electrons. The highest BCUT2D eigenvalue weighted by atomic mass is 16.1. The molecule has 0 amide bonds. The number of nitrogens with zero attached hydrogens (tertiary/aromatic N) is 1. The van der Waals surface area contributed by atoms with E-state index in [-0.39, 0.29) is 0 Å². The SMILES string of the molecule is CC12CC3CC(C)(C1)CC(N1[C@@H]4CC[C@H]1CC(=O)C4)(C3)C2. The second kappa shape index (κ2) is 3.75. The lowest BCUT2D eigenvalue weighted by Gasteiger charge is -2.69. The number of fused-ring (bicyclic) bond motifs is 2. The van der Waals surface area contributed by atoms with Crippen molar-refractivity contribution in [1.29, 1.82) is 0 Å². The molecule has 6 aliphatic rings. The van der Waals surface area contributed by atoms with Crippen molar-refractivity contribution in [2.45, 2.75) is 95.7 Å². The number of hydrogen-bond donors (Lipinski definition) is 0. The van der Waals surface area contributed by atoms with E-state index in [1.165, 1.54) is 51.4 Å². The standard InChI is InChI=1S/C19H29NO/c1-17-7-13-8-18(2,10-17)12-19(9-13,11-17)20-14-3-4-15(20)6-16(21)5-14/h13-15H,3-12H2,1-2H3/t13?,14-,15+,17?,18?,19?. The van der Waals surface area contributed by atoms with E-state index in [0.717, 1.165) is 18.8 Å². The van der Waals surface area contributed by atoms with Gasteiger partial charge in [-0.1, -0.05) is 13.8 Å². The molecule has 2 heterocycles. The third-order valence-corrected chi connectivity index (χ3v) is 7.69. The molecule has 0 N–H and O–H groups in total. The first-order valence-corrected chi connectivity index (χ1v) is 9.19. The van der Waals surface area contributed by atoms with E-state index < -0.39 is 0 Å². The van der Waals surface area contributed by atoms with Crippen LogP contribution in [0.25, 0.3) is 0 Å². The van der Waals surface area contributed by atoms with Crippen molar-refractivity contribution in [2.75, 3.05) is 0 Å². The van der Waals surface area contributed by atoms with Gasteiger partial charge in [0.2, 0.25) is 0 Å². The maximum absolute atomic E-state index is 12.0. The molecule has 4 saturated carbocycles. The summed E-state index contributed by atoms with van der Waals surface area (Å²) in [7, 11) is 0. The van der Waals surface area contributed by atoms with Crippen molar-refractivity contribution in [3.63, 3.8) is 0 Å². The Hall–Kier alpha value is -0.370. The highest BCUT2D eigenvalue weighted by Gasteiger charge is 2.64. The molecule has 4 atom stereocenters. The minimum absolute atomic E-state index is 0.468. The van der Waals surface area contributed by atoms with Crippen LogP contribution in [0.2, 0.25) is 0 Å². The number of piperidine rings is 1. The van der Waals surface area contributed by atoms with Crippen molar-refractivity contribution in [2.24, 2.45) is 16.7 Å². The second-order valence-corrected chi connectivity index (χ2v) is 10.1. The molecule has 6 fully saturated rings. The van der Waals surface area contributed by atoms with Gasteiger partial charge in [0, 0.05) is 30.5 Å². The Morgan fingerprint density at radius 3 is 2.00 bits per heavy atom. The van der Waals surface area contributed by atoms with Gasteiger partial charge in [0.25, 0.3) is 0 Å². The van der Waals surface area contributed by atoms with Crippen molar-refractivity contribution < 1.29 is 4.79 Å². The Kier molecular flexibility index (Phi) is 2.34. The van der Waals surface area contributed by atoms with Crippen LogP contribution in [-0.4, -0.2) is 28.3 Å². The quantitative estimate of drug-likeness (QED) is 0.728. The Labute approximate surface area is 128 Å². The lowest BCUT2D eigenvalue weighted by atomic mass is 9.42. The second-order valence-electron chi connectivity index (χ2n) is 10.1. The van der Waals surface area contributed by atoms with Crippen LogP contribution in [0.1, 0.15) is 78.1 Å². The molecule has 0 aromatic heterocycles. The molecule has 0 spiro atoms. The van der Waals surface area contributed by atoms with Gasteiger partial charge in [-0.15, -0.1) is 0 Å². The maximum atomic E-state index is 12.0. The van der Waals surface area contributed by atoms with Crippen molar-refractivity contribution in [3.05, 3.63) is 0 Å². The van der Waals surface area contributed by atoms with Gasteiger partial charge < -0.3 is 0 Å². The average molecular weight is 287 g/mol. The predicted octanol–water partition coefficient (Wildman–Crippen LogP) is 3.93. The molecule has 2 saturated heterocycles. The number of ketones is 1. The molecule has 6 bridgehead atoms. The summed E-state index contributed by atoms with van der Waals surface area (Å²) in [5, 5.41) is 0. The highest BCUT2D eigenvalue weighted by Crippen LogP contribution is 2.69. The van der Waals surface area contributed by atoms with E-state index in [1.807, 2.05) is 0 Å². The monoisotopic (exact) mass is 287 g/mol. The fourth-order valence-electron chi connectivity index (χ4n) is 8.42. The molecule has 4 aliphatic carbocycles. The molecule has 2 nitrogen and oxygen atoms in total. The predicted molar refractivity (Wildman–Crippen MR) is 83.0 cm³/mol. The summed E-state index contributed by atoms with van der Waals surface area (Å²) < 4.78 is 0. The number of rotatable bonds is 1. The van der Waals surface area contributed by atoms with Crippen LogP contribution < -0.4 is 0 Å². The van der Waals surface area contributed by atoms with Crippen LogP contribution in [0, 0.1) is 16.7 Å². The summed E-state index contributed by atoms with van der Waals surface area (Å²) >= 11 is 0. The summed E-state index contributed by atoms with van der Waals surface area (Å²) in [6.07, 6.45) is 13.0. The molecular weight excluding hydrogens is 258 g/mol. The van der Waals surface area contributed by atoms with E-state index in [4.69, 9.17) is 0 Å². The summed E-state index contributed by atoms with van der Waals surface area (Å²) in [6, 6.07) is 1.19. The molecule has 2 aliphatic heterocycles. The lowest BCUT2D eigenvalue weighted by Crippen LogP contribution is -2.68. The molecule has 6 rings (SSSR count). The topological polar surface area (TPSA) is 20.3 Å². The zero-order chi connectivity index (χ0) is 14.5. The zero-order valence-corrected chi connectivity index (χ0v) is 13.7. The Morgan fingerprint density at radius 1 is 0.905 bits per heavy atom. The van der Waals surface area contributed by atoms with Crippen LogP contribution >= 0.6 is 0 Å². The fraction of sp³-hybridized carbons (Fsp3) is 0.947. The zero-order valence-electron chi connectivity index (χ0n) is 13.7. The van der Waals surface area contributed by atoms with Gasteiger partial charge in [0.1, 0.15) is 5.78 Å². The van der Waals surface area contributed by atoms with Crippen molar-refractivity contribution in [1.82, 2.24) is 4.90 Å². The van der Waals surface area contributed by atoms with Gasteiger partial charge in [-0.3, -0.25) is 9.69 Å². The van der Waals surface area contributed by atoms with Crippen LogP contribution in [0.4, 0.5) is 0 Å². The summed E-state index contributed by atoms with van der Waals surface area (Å²) in [5.41, 5.74) is 1.65. The molecule has 2 unspecified atom stereocenters. The highest BCUT2D eigenvalue weighted by molar-refractivity contribution is 5.81. The molecule has 21 heavy (non-hydrogen) atoms. The maximum Gasteiger partial charge on any atom is 0.136 e. The van der Waals surface area contributed by atoms with Gasteiger partial charge in [0.15, 0.2) is 0 Å². The first kappa shape index (κ1) is 13.1. The van der Waals surface area contributed by atoms with Gasteiger partial charge in [-0.25, -0.2) is 0 Å². The van der Waals surface area contributed by atoms with Crippen LogP contribution in [0.5, 0.6) is 0 Å². The Morgan fingerprint density at radius 2 is 1.48 bits per heavy atom. The van der Waals surface area contributed by atoms with Crippen LogP contribution in [0.3, 0.4) is 0 Å². The van der Waals surface area contributed by atoms with Crippen LogP contribution in [-0.2, 0) is 4.79 Å². The third-order valence-electron chi connectivity index (χ3n) is 7.69. The third kappa shape index (κ3) is 1.72. The van der Waals surface area contributed by atoms with Gasteiger partial charge >= 0.3 is 0 Å². The van der Waals surface area contributed by atoms with Crippen molar-refractivity contribution in [3.8, 4) is 0 Å². The van der Waals surface area contributed by atoms with E-state index in [9.17, 15) is 4.79 Å². The number of carbonyl (C=O) groups excluding carboxylic acids is 1. The molecule has 0 aromatic carbocycles. The first-order valence-electron chi connectivity index (χ1n) is 9.19. The van der Waals surface area contributed by atoms with Gasteiger partial charge in [-0.05, 0) is 68.1 Å². The first-order chi connectivity index (χ1) is 9.89. The van der Waals surface area contributed by atoms with Crippen LogP contribution in [0.15, 0.2) is 0 Å². The summed E-state index contributed by atoms with van der Waals surface area (Å²) in [4.78, 5) is 14.9. The fourth-order valence-corrected chi connectivity index (χ4v) is 8.42. The lowest BCUT2D eigenvalue weighted by molar-refractivity contribution is -0.179. The molecule has 2 heteroatoms. The van der Waals surface area contributed by atoms with Gasteiger partial charge in [0.05, 0.1) is 0 Å². The molecule has 0 aromatic rings. The number of carbonyl (C=O) groups is 1. The van der Waals surface area contributed by atoms with E-state index in [0.29, 0.717) is 34.2 Å². The minimum Gasteiger partial charge on any atom is -0.300 e. The normalized spacial score (nSPS) is 59.0. The summed E-state index contributed by atoms with van der Waals surface area (Å²) in [5.74, 6) is 1.51. The van der Waals surface area contributed by atoms with E-state index in [1.54, 1.807) is 0 Å². The number of Topliss-reactive ketones (excluding diaryl/α,β-unsaturated/α-hetero) is 1. The van der Waals surface area contributed by atoms with E-state index in [2.05, 4.69) is 18.7 Å². The van der Waals surface area contributed by atoms with Gasteiger partial charge in [-0.2, -0.15) is 0 Å². The number of hydrogen-bond acceptors (Lipinski definition) is 2. The molecule has 0 radical (unpaired) electrons.